The van der Waals surface area contributed by atoms with Crippen LogP contribution in [0.15, 0.2) is 153 Å². The van der Waals surface area contributed by atoms with E-state index < -0.39 is 0 Å². The Hall–Kier alpha value is -2.82. The van der Waals surface area contributed by atoms with E-state index in [1.807, 2.05) is 35.5 Å². The predicted molar refractivity (Wildman–Crippen MR) is 360 cm³/mol. The number of hydrogen-bond donors (Lipinski definition) is 1. The standard InChI is InChI=1S/2C19H21Cl2N2.C12H11Br.C7H10Cl2N2.C4H9Br.C3H2Cl2N2.2BrH/c2*1-2-3-11-22-14-23(19(21)18(22)20)12-10-15-8-9-16-6-4-5-7-17(16)13-15;13-8-7-10-5-6-11-3-1-2-4-12(11)9-10;1-2-3-4-11-5-10-6(8)7(11)9;1-2-3-4-5;4-2-3(5)7-1-6-2;;/h2*4-9,13-14H,2-3,10-12H2,1H3;1-6,9H,7-8H2;5H,2-4H2,1H3;2-4H2,1H3;1H,(H,6,7);2*1H/q2*+1;;;;;;/p-2. The Morgan fingerprint density at radius 3 is 1.14 bits per heavy atom. The predicted octanol–water partition coefficient (Wildman–Crippen LogP) is 15.2. The van der Waals surface area contributed by atoms with Gasteiger partial charge in [0, 0.05) is 30.0 Å². The zero-order valence-electron chi connectivity index (χ0n) is 47.8. The Morgan fingerprint density at radius 2 is 0.833 bits per heavy atom. The van der Waals surface area contributed by atoms with Crippen molar-refractivity contribution < 1.29 is 43.1 Å². The third kappa shape index (κ3) is 25.0. The quantitative estimate of drug-likeness (QED) is 0.0648. The molecule has 10 rings (SSSR count). The second-order valence-electron chi connectivity index (χ2n) is 19.3. The number of aryl methyl sites for hydroxylation is 8. The summed E-state index contributed by atoms with van der Waals surface area (Å²) in [7, 11) is 0. The number of nitrogens with one attached hydrogen (secondary N) is 1. The fourth-order valence-electron chi connectivity index (χ4n) is 8.31. The monoisotopic (exact) mass is 1550 g/mol. The van der Waals surface area contributed by atoms with E-state index in [1.54, 1.807) is 6.33 Å². The van der Waals surface area contributed by atoms with Crippen LogP contribution in [-0.2, 0) is 52.0 Å². The van der Waals surface area contributed by atoms with Crippen molar-refractivity contribution in [3.63, 3.8) is 0 Å². The van der Waals surface area contributed by atoms with E-state index >= 15 is 0 Å². The lowest BCUT2D eigenvalue weighted by atomic mass is 10.1. The number of alkyl halides is 2. The molecule has 84 heavy (non-hydrogen) atoms. The van der Waals surface area contributed by atoms with E-state index in [2.05, 4.69) is 202 Å². The van der Waals surface area contributed by atoms with Gasteiger partial charge in [0.2, 0.25) is 12.7 Å². The molecule has 0 aliphatic rings. The Bertz CT molecular complexity index is 3300. The molecule has 8 nitrogen and oxygen atoms in total. The molecule has 0 fully saturated rings. The maximum absolute atomic E-state index is 6.36. The lowest BCUT2D eigenvalue weighted by molar-refractivity contribution is -0.694. The molecule has 0 spiro atoms. The highest BCUT2D eigenvalue weighted by molar-refractivity contribution is 9.09. The third-order valence-corrected chi connectivity index (χ3v) is 17.2. The minimum absolute atomic E-state index is 0. The van der Waals surface area contributed by atoms with Gasteiger partial charge in [-0.25, -0.2) is 28.2 Å². The number of aromatic nitrogens is 8. The number of fused-ring (bicyclic) bond motifs is 3. The van der Waals surface area contributed by atoms with Gasteiger partial charge in [-0.15, -0.1) is 0 Å². The molecular weight excluding hydrogens is 1480 g/mol. The maximum atomic E-state index is 6.36. The van der Waals surface area contributed by atoms with Gasteiger partial charge in [0.1, 0.15) is 10.3 Å². The highest BCUT2D eigenvalue weighted by Gasteiger charge is 2.21. The van der Waals surface area contributed by atoms with Crippen molar-refractivity contribution in [3.05, 3.63) is 211 Å². The van der Waals surface area contributed by atoms with Crippen LogP contribution in [0.3, 0.4) is 0 Å². The summed E-state index contributed by atoms with van der Waals surface area (Å²) in [6.07, 6.45) is 19.5. The first-order valence-electron chi connectivity index (χ1n) is 27.9. The van der Waals surface area contributed by atoms with Gasteiger partial charge in [0.25, 0.3) is 20.6 Å². The number of halogens is 12. The molecule has 0 aliphatic carbocycles. The molecule has 454 valence electrons. The molecule has 0 bridgehead atoms. The molecule has 0 aliphatic heterocycles. The molecular formula is C64H74Br4Cl8N8. The normalized spacial score (nSPS) is 10.5. The summed E-state index contributed by atoms with van der Waals surface area (Å²) in [4.78, 5) is 10.1. The van der Waals surface area contributed by atoms with Crippen molar-refractivity contribution in [2.24, 2.45) is 0 Å². The number of nitrogens with zero attached hydrogens (tertiary/aromatic N) is 7. The van der Waals surface area contributed by atoms with Crippen molar-refractivity contribution in [2.75, 3.05) is 10.7 Å². The first-order chi connectivity index (χ1) is 39.7. The van der Waals surface area contributed by atoms with Crippen molar-refractivity contribution >= 4 is 157 Å². The minimum atomic E-state index is 0. The van der Waals surface area contributed by atoms with Crippen molar-refractivity contribution in [1.29, 1.82) is 0 Å². The molecule has 0 radical (unpaired) electrons. The van der Waals surface area contributed by atoms with Crippen LogP contribution in [-0.4, -0.2) is 39.3 Å². The molecule has 4 heterocycles. The van der Waals surface area contributed by atoms with Gasteiger partial charge in [-0.05, 0) is 128 Å². The van der Waals surface area contributed by atoms with Crippen LogP contribution >= 0.6 is 125 Å². The summed E-state index contributed by atoms with van der Waals surface area (Å²) in [5, 5.41) is 14.1. The average molecular weight is 1560 g/mol. The number of aromatic amines is 1. The van der Waals surface area contributed by atoms with Gasteiger partial charge in [0.05, 0.1) is 38.8 Å². The van der Waals surface area contributed by atoms with Gasteiger partial charge in [0.15, 0.2) is 10.3 Å². The molecule has 0 atom stereocenters. The summed E-state index contributed by atoms with van der Waals surface area (Å²) in [5.41, 5.74) is 4.02. The molecule has 1 N–H and O–H groups in total. The zero-order chi connectivity index (χ0) is 59.2. The number of benzene rings is 6. The van der Waals surface area contributed by atoms with Gasteiger partial charge < -0.3 is 43.5 Å². The second kappa shape index (κ2) is 42.2. The van der Waals surface area contributed by atoms with Gasteiger partial charge in [-0.1, -0.05) is 259 Å². The molecule has 6 aromatic carbocycles. The lowest BCUT2D eigenvalue weighted by Gasteiger charge is -2.03. The molecule has 4 aromatic heterocycles. The number of H-pyrrole nitrogens is 1. The van der Waals surface area contributed by atoms with Crippen LogP contribution in [0.1, 0.15) is 95.8 Å². The Morgan fingerprint density at radius 1 is 0.429 bits per heavy atom. The van der Waals surface area contributed by atoms with Gasteiger partial charge >= 0.3 is 0 Å². The highest BCUT2D eigenvalue weighted by Crippen LogP contribution is 2.24. The van der Waals surface area contributed by atoms with Crippen LogP contribution in [0.4, 0.5) is 0 Å². The van der Waals surface area contributed by atoms with Crippen LogP contribution < -0.4 is 43.1 Å². The maximum Gasteiger partial charge on any atom is 0.255 e. The van der Waals surface area contributed by atoms with E-state index in [0.29, 0.717) is 41.2 Å². The molecule has 0 saturated carbocycles. The first kappa shape index (κ1) is 75.4. The SMILES string of the molecule is BrCCc1ccc2ccccc2c1.CCCCBr.CCCC[n+]1cn(CCc2ccc3ccccc3c2)c(Cl)c1Cl.CCCC[n+]1cn(CCc2ccc3ccccc3c2)c(Cl)c1Cl.CCCCn1cnc(Cl)c1Cl.Clc1nc[nH]c1Cl.[Br-].[Br-]. The Labute approximate surface area is 575 Å². The summed E-state index contributed by atoms with van der Waals surface area (Å²) >= 11 is 54.3. The van der Waals surface area contributed by atoms with E-state index in [1.165, 1.54) is 68.2 Å². The van der Waals surface area contributed by atoms with E-state index in [-0.39, 0.29) is 34.0 Å². The van der Waals surface area contributed by atoms with Crippen LogP contribution in [0.25, 0.3) is 32.3 Å². The third-order valence-electron chi connectivity index (χ3n) is 13.0. The van der Waals surface area contributed by atoms with Crippen LogP contribution in [0.2, 0.25) is 41.2 Å². The summed E-state index contributed by atoms with van der Waals surface area (Å²) in [6, 6.07) is 45.2. The first-order valence-corrected chi connectivity index (χ1v) is 33.1. The number of hydrogen-bond acceptors (Lipinski definition) is 2. The van der Waals surface area contributed by atoms with Crippen molar-refractivity contribution in [2.45, 2.75) is 131 Å². The summed E-state index contributed by atoms with van der Waals surface area (Å²) in [6.45, 7) is 13.0. The fraction of sp³-hybridized carbons (Fsp3) is 0.344. The highest BCUT2D eigenvalue weighted by atomic mass is 79.9. The van der Waals surface area contributed by atoms with Crippen LogP contribution in [0.5, 0.6) is 0 Å². The van der Waals surface area contributed by atoms with Crippen LogP contribution in [0, 0.1) is 0 Å². The number of unbranched alkanes of at least 4 members (excludes halogenated alkanes) is 4. The number of rotatable bonds is 19. The van der Waals surface area contributed by atoms with Gasteiger partial charge in [-0.3, -0.25) is 0 Å². The smallest absolute Gasteiger partial charge is 0.255 e. The number of imidazole rings is 4. The topological polar surface area (TPSA) is 64.1 Å². The van der Waals surface area contributed by atoms with E-state index in [9.17, 15) is 0 Å². The second-order valence-corrected chi connectivity index (χ2v) is 23.8. The Balaban J connectivity index is 0.000000281. The van der Waals surface area contributed by atoms with Gasteiger partial charge in [-0.2, -0.15) is 0 Å². The molecule has 10 aromatic rings. The Kier molecular flexibility index (Phi) is 37.9. The summed E-state index contributed by atoms with van der Waals surface area (Å²) < 4.78 is 10.00. The minimum Gasteiger partial charge on any atom is -1.00 e. The van der Waals surface area contributed by atoms with E-state index in [4.69, 9.17) is 92.8 Å². The molecule has 0 unspecified atom stereocenters. The fourth-order valence-corrected chi connectivity index (χ4v) is 10.8. The van der Waals surface area contributed by atoms with E-state index in [0.717, 1.165) is 101 Å². The molecule has 20 heteroatoms. The van der Waals surface area contributed by atoms with Crippen molar-refractivity contribution in [1.82, 2.24) is 28.7 Å². The average Bonchev–Trinajstić information content (AvgIpc) is 4.25. The molecule has 0 amide bonds. The largest absolute Gasteiger partial charge is 1.00 e. The zero-order valence-corrected chi connectivity index (χ0v) is 60.2. The summed E-state index contributed by atoms with van der Waals surface area (Å²) in [5.74, 6) is 0. The molecule has 0 saturated heterocycles. The van der Waals surface area contributed by atoms with Crippen molar-refractivity contribution in [3.8, 4) is 0 Å². The lowest BCUT2D eigenvalue weighted by Crippen LogP contribution is -3.00.